The zero-order chi connectivity index (χ0) is 29.9. The van der Waals surface area contributed by atoms with Crippen molar-refractivity contribution in [1.29, 1.82) is 0 Å². The minimum absolute atomic E-state index is 0.134. The summed E-state index contributed by atoms with van der Waals surface area (Å²) in [6, 6.07) is 12.8. The predicted octanol–water partition coefficient (Wildman–Crippen LogP) is 8.67. The van der Waals surface area contributed by atoms with Gasteiger partial charge in [0.2, 0.25) is 0 Å². The van der Waals surface area contributed by atoms with E-state index in [2.05, 4.69) is 0 Å². The van der Waals surface area contributed by atoms with Crippen LogP contribution >= 0.6 is 11.8 Å². The molecule has 0 radical (unpaired) electrons. The average molecular weight is 605 g/mol. The lowest BCUT2D eigenvalue weighted by atomic mass is 10.0. The number of benzene rings is 3. The van der Waals surface area contributed by atoms with Crippen LogP contribution in [-0.2, 0) is 12.5 Å². The molecule has 3 nitrogen and oxygen atoms in total. The van der Waals surface area contributed by atoms with Crippen LogP contribution in [0.3, 0.4) is 0 Å². The van der Waals surface area contributed by atoms with E-state index < -0.39 is 60.3 Å². The lowest BCUT2D eigenvalue weighted by molar-refractivity contribution is -0.289. The summed E-state index contributed by atoms with van der Waals surface area (Å²) >= 11 is -0.436. The topological polar surface area (TPSA) is 32.7 Å². The van der Waals surface area contributed by atoms with E-state index in [1.807, 2.05) is 0 Å². The predicted molar refractivity (Wildman–Crippen MR) is 124 cm³/mol. The molecule has 1 atom stereocenters. The molecule has 0 heterocycles. The minimum Gasteiger partial charge on any atom is -0.455 e. The third-order valence-corrected chi connectivity index (χ3v) is 5.98. The van der Waals surface area contributed by atoms with Crippen LogP contribution < -0.4 is 9.64 Å². The molecule has 1 unspecified atom stereocenters. The summed E-state index contributed by atoms with van der Waals surface area (Å²) in [5.41, 5.74) is -6.47. The molecule has 0 saturated carbocycles. The fourth-order valence-electron chi connectivity index (χ4n) is 3.48. The summed E-state index contributed by atoms with van der Waals surface area (Å²) in [4.78, 5) is 0.585. The van der Waals surface area contributed by atoms with Crippen molar-refractivity contribution in [2.24, 2.45) is 0 Å². The first-order valence-electron chi connectivity index (χ1n) is 11.0. The number of alkyl halides is 11. The molecule has 3 aromatic rings. The molecule has 0 amide bonds. The molecule has 0 bridgehead atoms. The SMILES string of the molecule is OC(CN(Cc1cccc(C(F)(F)C(F)(F)F)c1)c1ccccc1Oc1cccc(SC(F)(F)F)c1)C(F)(F)F. The third-order valence-electron chi connectivity index (χ3n) is 5.26. The maximum atomic E-state index is 13.9. The van der Waals surface area contributed by atoms with Crippen molar-refractivity contribution in [1.82, 2.24) is 0 Å². The molecule has 40 heavy (non-hydrogen) atoms. The highest BCUT2D eigenvalue weighted by atomic mass is 32.2. The van der Waals surface area contributed by atoms with Gasteiger partial charge in [0.15, 0.2) is 11.9 Å². The van der Waals surface area contributed by atoms with Gasteiger partial charge in [-0.2, -0.15) is 48.3 Å². The second-order valence-corrected chi connectivity index (χ2v) is 9.44. The Balaban J connectivity index is 2.00. The van der Waals surface area contributed by atoms with Gasteiger partial charge in [-0.25, -0.2) is 0 Å². The van der Waals surface area contributed by atoms with Crippen molar-refractivity contribution in [3.63, 3.8) is 0 Å². The van der Waals surface area contributed by atoms with Gasteiger partial charge in [0.25, 0.3) is 0 Å². The summed E-state index contributed by atoms with van der Waals surface area (Å²) in [6.45, 7) is -1.87. The number of aliphatic hydroxyl groups is 1. The Morgan fingerprint density at radius 3 is 2.05 bits per heavy atom. The first-order valence-corrected chi connectivity index (χ1v) is 11.8. The van der Waals surface area contributed by atoms with Crippen LogP contribution in [0.15, 0.2) is 77.7 Å². The molecular formula is C25H18F11NO2S. The van der Waals surface area contributed by atoms with E-state index in [4.69, 9.17) is 4.74 Å². The fraction of sp³-hybridized carbons (Fsp3) is 0.280. The maximum Gasteiger partial charge on any atom is 0.458 e. The van der Waals surface area contributed by atoms with E-state index in [0.717, 1.165) is 29.2 Å². The summed E-state index contributed by atoms with van der Waals surface area (Å²) in [5.74, 6) is -5.58. The van der Waals surface area contributed by atoms with Gasteiger partial charge in [-0.15, -0.1) is 0 Å². The van der Waals surface area contributed by atoms with Crippen molar-refractivity contribution < 1.29 is 58.1 Å². The summed E-state index contributed by atoms with van der Waals surface area (Å²) in [7, 11) is 0. The summed E-state index contributed by atoms with van der Waals surface area (Å²) in [6.07, 6.45) is -14.0. The van der Waals surface area contributed by atoms with Crippen LogP contribution in [0.2, 0.25) is 0 Å². The second-order valence-electron chi connectivity index (χ2n) is 8.30. The van der Waals surface area contributed by atoms with E-state index in [0.29, 0.717) is 12.1 Å². The van der Waals surface area contributed by atoms with Gasteiger partial charge >= 0.3 is 23.8 Å². The van der Waals surface area contributed by atoms with Gasteiger partial charge in [-0.1, -0.05) is 36.4 Å². The molecule has 15 heteroatoms. The number of para-hydroxylation sites is 2. The van der Waals surface area contributed by atoms with E-state index in [-0.39, 0.29) is 27.6 Å². The molecule has 3 aromatic carbocycles. The van der Waals surface area contributed by atoms with Crippen molar-refractivity contribution in [3.8, 4) is 11.5 Å². The number of halogens is 11. The van der Waals surface area contributed by atoms with Crippen molar-refractivity contribution in [2.75, 3.05) is 11.4 Å². The first-order chi connectivity index (χ1) is 18.4. The van der Waals surface area contributed by atoms with E-state index in [9.17, 15) is 53.4 Å². The average Bonchev–Trinajstić information content (AvgIpc) is 2.82. The van der Waals surface area contributed by atoms with Gasteiger partial charge in [-0.05, 0) is 53.7 Å². The highest BCUT2D eigenvalue weighted by molar-refractivity contribution is 8.00. The van der Waals surface area contributed by atoms with Crippen LogP contribution in [0, 0.1) is 0 Å². The van der Waals surface area contributed by atoms with Gasteiger partial charge in [0, 0.05) is 17.0 Å². The molecule has 218 valence electrons. The Morgan fingerprint density at radius 1 is 0.775 bits per heavy atom. The largest absolute Gasteiger partial charge is 0.458 e. The lowest BCUT2D eigenvalue weighted by Gasteiger charge is -2.30. The Kier molecular flexibility index (Phi) is 9.19. The maximum absolute atomic E-state index is 13.9. The number of hydrogen-bond donors (Lipinski definition) is 1. The molecule has 0 saturated heterocycles. The van der Waals surface area contributed by atoms with Crippen LogP contribution in [0.5, 0.6) is 11.5 Å². The van der Waals surface area contributed by atoms with Crippen molar-refractivity contribution in [2.45, 2.75) is 41.3 Å². The molecule has 0 aliphatic carbocycles. The zero-order valence-corrected chi connectivity index (χ0v) is 20.6. The highest BCUT2D eigenvalue weighted by Gasteiger charge is 2.58. The molecule has 3 rings (SSSR count). The molecule has 0 fully saturated rings. The van der Waals surface area contributed by atoms with Gasteiger partial charge in [-0.3, -0.25) is 0 Å². The highest BCUT2D eigenvalue weighted by Crippen LogP contribution is 2.44. The standard InChI is InChI=1S/C25H18F11NO2S/c26-22(27,24(31,32)33)16-6-3-5-15(11-16)13-37(14-21(38)23(28,29)30)19-9-1-2-10-20(19)39-17-7-4-8-18(12-17)40-25(34,35)36/h1-12,21,38H,13-14H2. The van der Waals surface area contributed by atoms with Crippen LogP contribution in [0.4, 0.5) is 54.0 Å². The normalized spacial score (nSPS) is 13.7. The Bertz CT molecular complexity index is 1290. The zero-order valence-electron chi connectivity index (χ0n) is 19.8. The first kappa shape index (κ1) is 31.3. The van der Waals surface area contributed by atoms with Gasteiger partial charge in [0.1, 0.15) is 5.75 Å². The molecular weight excluding hydrogens is 587 g/mol. The molecule has 0 spiro atoms. The lowest BCUT2D eigenvalue weighted by Crippen LogP contribution is -2.41. The van der Waals surface area contributed by atoms with E-state index in [1.165, 1.54) is 36.4 Å². The van der Waals surface area contributed by atoms with Gasteiger partial charge in [0.05, 0.1) is 12.2 Å². The van der Waals surface area contributed by atoms with Gasteiger partial charge < -0.3 is 14.7 Å². The van der Waals surface area contributed by atoms with Crippen LogP contribution in [-0.4, -0.2) is 35.6 Å². The third kappa shape index (κ3) is 8.16. The van der Waals surface area contributed by atoms with Crippen LogP contribution in [0.25, 0.3) is 0 Å². The summed E-state index contributed by atoms with van der Waals surface area (Å²) < 4.78 is 150. The Hall–Kier alpha value is -3.20. The number of aliphatic hydroxyl groups excluding tert-OH is 1. The molecule has 0 aromatic heterocycles. The summed E-state index contributed by atoms with van der Waals surface area (Å²) in [5, 5.41) is 9.73. The fourth-order valence-corrected chi connectivity index (χ4v) is 4.06. The number of rotatable bonds is 9. The Labute approximate surface area is 224 Å². The molecule has 0 aliphatic heterocycles. The second kappa shape index (κ2) is 11.7. The number of hydrogen-bond acceptors (Lipinski definition) is 4. The van der Waals surface area contributed by atoms with Crippen LogP contribution in [0.1, 0.15) is 11.1 Å². The quantitative estimate of drug-likeness (QED) is 0.196. The van der Waals surface area contributed by atoms with E-state index >= 15 is 0 Å². The number of nitrogens with zero attached hydrogens (tertiary/aromatic N) is 1. The number of thioether (sulfide) groups is 1. The minimum atomic E-state index is -5.93. The number of ether oxygens (including phenoxy) is 1. The smallest absolute Gasteiger partial charge is 0.455 e. The monoisotopic (exact) mass is 605 g/mol. The Morgan fingerprint density at radius 2 is 1.43 bits per heavy atom. The van der Waals surface area contributed by atoms with Crippen molar-refractivity contribution >= 4 is 17.4 Å². The number of anilines is 1. The van der Waals surface area contributed by atoms with Crippen molar-refractivity contribution in [3.05, 3.63) is 83.9 Å². The van der Waals surface area contributed by atoms with E-state index in [1.54, 1.807) is 0 Å². The molecule has 1 N–H and O–H groups in total. The molecule has 0 aliphatic rings.